The van der Waals surface area contributed by atoms with Crippen molar-refractivity contribution >= 4 is 0 Å². The fraction of sp³-hybridized carbons (Fsp3) is 0.538. The van der Waals surface area contributed by atoms with Crippen LogP contribution in [0, 0.1) is 12.8 Å². The smallest absolute Gasteiger partial charge is 0.119 e. The van der Waals surface area contributed by atoms with Gasteiger partial charge in [0, 0.05) is 12.5 Å². The van der Waals surface area contributed by atoms with Crippen molar-refractivity contribution in [1.82, 2.24) is 5.32 Å². The molecular formula is C13H19NO. The number of nitrogens with one attached hydrogen (secondary N) is 1. The fourth-order valence-corrected chi connectivity index (χ4v) is 1.91. The highest BCUT2D eigenvalue weighted by Gasteiger charge is 2.13. The monoisotopic (exact) mass is 205 g/mol. The predicted octanol–water partition coefficient (Wildman–Crippen LogP) is 2.37. The molecule has 1 aliphatic rings. The minimum absolute atomic E-state index is 0.681. The predicted molar refractivity (Wildman–Crippen MR) is 62.3 cm³/mol. The van der Waals surface area contributed by atoms with Gasteiger partial charge in [-0.1, -0.05) is 17.7 Å². The minimum atomic E-state index is 0.681. The first kappa shape index (κ1) is 10.5. The Bertz CT molecular complexity index is 288. The lowest BCUT2D eigenvalue weighted by atomic mass is 10.0. The molecule has 1 atom stereocenters. The molecule has 0 bridgehead atoms. The van der Waals surface area contributed by atoms with Gasteiger partial charge in [-0.2, -0.15) is 0 Å². The summed E-state index contributed by atoms with van der Waals surface area (Å²) in [5.41, 5.74) is 1.28. The van der Waals surface area contributed by atoms with Crippen molar-refractivity contribution < 1.29 is 4.74 Å². The maximum absolute atomic E-state index is 5.76. The topological polar surface area (TPSA) is 21.3 Å². The third-order valence-electron chi connectivity index (χ3n) is 2.91. The van der Waals surface area contributed by atoms with E-state index in [4.69, 9.17) is 4.74 Å². The fourth-order valence-electron chi connectivity index (χ4n) is 1.91. The molecule has 1 heterocycles. The Kier molecular flexibility index (Phi) is 3.62. The lowest BCUT2D eigenvalue weighted by Crippen LogP contribution is -2.33. The summed E-state index contributed by atoms with van der Waals surface area (Å²) in [5.74, 6) is 1.67. The average Bonchev–Trinajstić information content (AvgIpc) is 2.30. The third-order valence-corrected chi connectivity index (χ3v) is 2.91. The number of hydrogen-bond donors (Lipinski definition) is 1. The molecular weight excluding hydrogens is 186 g/mol. The van der Waals surface area contributed by atoms with Crippen molar-refractivity contribution in [3.05, 3.63) is 29.8 Å². The second kappa shape index (κ2) is 5.17. The van der Waals surface area contributed by atoms with E-state index >= 15 is 0 Å². The zero-order valence-electron chi connectivity index (χ0n) is 9.33. The molecule has 0 radical (unpaired) electrons. The molecule has 1 saturated heterocycles. The van der Waals surface area contributed by atoms with Gasteiger partial charge in [-0.3, -0.25) is 0 Å². The molecule has 2 nitrogen and oxygen atoms in total. The number of aryl methyl sites for hydroxylation is 1. The van der Waals surface area contributed by atoms with E-state index in [0.29, 0.717) is 5.92 Å². The summed E-state index contributed by atoms with van der Waals surface area (Å²) in [6.45, 7) is 5.21. The van der Waals surface area contributed by atoms with E-state index < -0.39 is 0 Å². The van der Waals surface area contributed by atoms with Crippen LogP contribution in [0.2, 0.25) is 0 Å². The number of rotatable bonds is 3. The van der Waals surface area contributed by atoms with Crippen molar-refractivity contribution in [1.29, 1.82) is 0 Å². The van der Waals surface area contributed by atoms with E-state index in [2.05, 4.69) is 24.4 Å². The summed E-state index contributed by atoms with van der Waals surface area (Å²) < 4.78 is 5.76. The molecule has 0 saturated carbocycles. The average molecular weight is 205 g/mol. The van der Waals surface area contributed by atoms with Gasteiger partial charge in [-0.05, 0) is 38.4 Å². The number of hydrogen-bond acceptors (Lipinski definition) is 2. The van der Waals surface area contributed by atoms with Crippen molar-refractivity contribution in [2.24, 2.45) is 5.92 Å². The van der Waals surface area contributed by atoms with Crippen LogP contribution in [-0.2, 0) is 0 Å². The molecule has 2 heteroatoms. The van der Waals surface area contributed by atoms with E-state index in [0.717, 1.165) is 18.9 Å². The lowest BCUT2D eigenvalue weighted by Gasteiger charge is -2.22. The maximum Gasteiger partial charge on any atom is 0.119 e. The van der Waals surface area contributed by atoms with Crippen LogP contribution in [0.1, 0.15) is 18.4 Å². The van der Waals surface area contributed by atoms with Crippen LogP contribution in [0.3, 0.4) is 0 Å². The normalized spacial score (nSPS) is 21.3. The van der Waals surface area contributed by atoms with Gasteiger partial charge in [0.05, 0.1) is 6.61 Å². The third kappa shape index (κ3) is 3.24. The van der Waals surface area contributed by atoms with Crippen molar-refractivity contribution in [2.45, 2.75) is 19.8 Å². The molecule has 82 valence electrons. The first-order chi connectivity index (χ1) is 7.34. The van der Waals surface area contributed by atoms with Gasteiger partial charge in [-0.15, -0.1) is 0 Å². The second-order valence-corrected chi connectivity index (χ2v) is 4.34. The zero-order chi connectivity index (χ0) is 10.5. The number of piperidine rings is 1. The van der Waals surface area contributed by atoms with Crippen LogP contribution in [0.15, 0.2) is 24.3 Å². The van der Waals surface area contributed by atoms with Crippen LogP contribution in [-0.4, -0.2) is 19.7 Å². The Balaban J connectivity index is 1.79. The second-order valence-electron chi connectivity index (χ2n) is 4.34. The molecule has 1 aliphatic heterocycles. The Hall–Kier alpha value is -1.02. The van der Waals surface area contributed by atoms with E-state index in [-0.39, 0.29) is 0 Å². The molecule has 1 aromatic rings. The molecule has 2 rings (SSSR count). The van der Waals surface area contributed by atoms with E-state index in [1.54, 1.807) is 0 Å². The van der Waals surface area contributed by atoms with Crippen LogP contribution < -0.4 is 10.1 Å². The van der Waals surface area contributed by atoms with Gasteiger partial charge in [0.25, 0.3) is 0 Å². The van der Waals surface area contributed by atoms with Gasteiger partial charge in [0.15, 0.2) is 0 Å². The molecule has 0 aromatic heterocycles. The van der Waals surface area contributed by atoms with Gasteiger partial charge >= 0.3 is 0 Å². The van der Waals surface area contributed by atoms with Crippen LogP contribution in [0.5, 0.6) is 5.75 Å². The summed E-state index contributed by atoms with van der Waals surface area (Å²) in [6, 6.07) is 8.28. The molecule has 0 aliphatic carbocycles. The van der Waals surface area contributed by atoms with E-state index in [9.17, 15) is 0 Å². The van der Waals surface area contributed by atoms with Gasteiger partial charge in [-0.25, -0.2) is 0 Å². The summed E-state index contributed by atoms with van der Waals surface area (Å²) in [7, 11) is 0. The van der Waals surface area contributed by atoms with Crippen molar-refractivity contribution in [2.75, 3.05) is 19.7 Å². The quantitative estimate of drug-likeness (QED) is 0.818. The molecule has 0 spiro atoms. The van der Waals surface area contributed by atoms with Crippen molar-refractivity contribution in [3.8, 4) is 5.75 Å². The standard InChI is InChI=1S/C13H19NO/c1-11-4-6-13(7-5-11)15-10-12-3-2-8-14-9-12/h4-7,12,14H,2-3,8-10H2,1H3/t12-/m0/s1. The number of benzene rings is 1. The molecule has 1 N–H and O–H groups in total. The molecule has 0 amide bonds. The summed E-state index contributed by atoms with van der Waals surface area (Å²) in [6.07, 6.45) is 2.57. The zero-order valence-corrected chi connectivity index (χ0v) is 9.33. The first-order valence-corrected chi connectivity index (χ1v) is 5.75. The Labute approximate surface area is 91.6 Å². The largest absolute Gasteiger partial charge is 0.493 e. The summed E-state index contributed by atoms with van der Waals surface area (Å²) in [5, 5.41) is 3.40. The summed E-state index contributed by atoms with van der Waals surface area (Å²) in [4.78, 5) is 0. The van der Waals surface area contributed by atoms with Gasteiger partial charge < -0.3 is 10.1 Å². The summed E-state index contributed by atoms with van der Waals surface area (Å²) >= 11 is 0. The molecule has 15 heavy (non-hydrogen) atoms. The molecule has 1 fully saturated rings. The minimum Gasteiger partial charge on any atom is -0.493 e. The number of ether oxygens (including phenoxy) is 1. The Morgan fingerprint density at radius 3 is 2.80 bits per heavy atom. The van der Waals surface area contributed by atoms with E-state index in [1.807, 2.05) is 12.1 Å². The molecule has 0 unspecified atom stereocenters. The van der Waals surface area contributed by atoms with Crippen LogP contribution in [0.25, 0.3) is 0 Å². The Morgan fingerprint density at radius 1 is 1.33 bits per heavy atom. The van der Waals surface area contributed by atoms with E-state index in [1.165, 1.54) is 24.9 Å². The lowest BCUT2D eigenvalue weighted by molar-refractivity contribution is 0.218. The highest BCUT2D eigenvalue weighted by molar-refractivity contribution is 5.26. The van der Waals surface area contributed by atoms with Crippen molar-refractivity contribution in [3.63, 3.8) is 0 Å². The van der Waals surface area contributed by atoms with Gasteiger partial charge in [0.1, 0.15) is 5.75 Å². The van der Waals surface area contributed by atoms with Crippen LogP contribution >= 0.6 is 0 Å². The first-order valence-electron chi connectivity index (χ1n) is 5.75. The van der Waals surface area contributed by atoms with Gasteiger partial charge in [0.2, 0.25) is 0 Å². The Morgan fingerprint density at radius 2 is 2.13 bits per heavy atom. The maximum atomic E-state index is 5.76. The molecule has 1 aromatic carbocycles. The highest BCUT2D eigenvalue weighted by Crippen LogP contribution is 2.15. The highest BCUT2D eigenvalue weighted by atomic mass is 16.5. The van der Waals surface area contributed by atoms with Crippen LogP contribution in [0.4, 0.5) is 0 Å². The SMILES string of the molecule is Cc1ccc(OC[C@H]2CCCNC2)cc1.